The van der Waals surface area contributed by atoms with Crippen molar-refractivity contribution in [2.75, 3.05) is 0 Å². The lowest BCUT2D eigenvalue weighted by Crippen LogP contribution is -2.69. The first-order valence-electron chi connectivity index (χ1n) is 11.3. The second-order valence-corrected chi connectivity index (χ2v) is 12.7. The monoisotopic (exact) mass is 522 g/mol. The van der Waals surface area contributed by atoms with Gasteiger partial charge in [0.05, 0.1) is 21.7 Å². The van der Waals surface area contributed by atoms with Crippen LogP contribution < -0.4 is 0 Å². The van der Waals surface area contributed by atoms with Crippen LogP contribution in [-0.4, -0.2) is 51.1 Å². The molecule has 0 radical (unpaired) electrons. The van der Waals surface area contributed by atoms with Crippen LogP contribution in [0, 0.1) is 22.7 Å². The number of halogens is 5. The minimum atomic E-state index is -3.21. The summed E-state index contributed by atoms with van der Waals surface area (Å²) in [5, 5.41) is -1.18. The van der Waals surface area contributed by atoms with Gasteiger partial charge in [0.2, 0.25) is 5.78 Å². The molecule has 0 aromatic heterocycles. The van der Waals surface area contributed by atoms with Crippen LogP contribution in [0.5, 0.6) is 0 Å². The predicted octanol–water partition coefficient (Wildman–Crippen LogP) is 5.42. The van der Waals surface area contributed by atoms with Crippen LogP contribution >= 0.6 is 34.8 Å². The average molecular weight is 524 g/mol. The van der Waals surface area contributed by atoms with Crippen molar-refractivity contribution in [1.82, 2.24) is 0 Å². The van der Waals surface area contributed by atoms with Gasteiger partial charge in [-0.3, -0.25) is 9.59 Å². The van der Waals surface area contributed by atoms with Gasteiger partial charge in [-0.2, -0.15) is 0 Å². The number of hydrogen-bond acceptors (Lipinski definition) is 4. The maximum atomic E-state index is 14.0. The van der Waals surface area contributed by atoms with Crippen molar-refractivity contribution >= 4 is 46.4 Å². The first-order valence-corrected chi connectivity index (χ1v) is 12.5. The molecule has 9 atom stereocenters. The van der Waals surface area contributed by atoms with E-state index in [1.807, 2.05) is 13.8 Å². The molecule has 1 heterocycles. The zero-order chi connectivity index (χ0) is 24.4. The third-order valence-corrected chi connectivity index (χ3v) is 11.1. The largest absolute Gasteiger partial charge is 0.344 e. The van der Waals surface area contributed by atoms with Crippen LogP contribution in [-0.2, 0) is 19.1 Å². The highest BCUT2D eigenvalue weighted by atomic mass is 35.5. The molecule has 9 heteroatoms. The standard InChI is InChI=1S/C24H27Cl3F2O4/c1-20(2)32-17-9-12-13-8-15(25)14-7-11(30)5-6-21(14,3)23(13,27)16(26)10-22(12,4)24(17,33-20)18(31)19(28)29/h5-7,12-13,15-17,19H,8-10H2,1-4H3/t12-,13-,15-,16-,17+,21-,22-,23-,24-/m0/s1. The summed E-state index contributed by atoms with van der Waals surface area (Å²) in [6.45, 7) is 7.01. The Balaban J connectivity index is 1.67. The smallest absolute Gasteiger partial charge is 0.299 e. The Morgan fingerprint density at radius 2 is 1.82 bits per heavy atom. The lowest BCUT2D eigenvalue weighted by Gasteiger charge is -2.64. The highest BCUT2D eigenvalue weighted by molar-refractivity contribution is 6.34. The van der Waals surface area contributed by atoms with Crippen LogP contribution in [0.15, 0.2) is 23.8 Å². The van der Waals surface area contributed by atoms with Crippen molar-refractivity contribution in [2.24, 2.45) is 22.7 Å². The van der Waals surface area contributed by atoms with E-state index in [2.05, 4.69) is 0 Å². The van der Waals surface area contributed by atoms with E-state index in [4.69, 9.17) is 44.3 Å². The van der Waals surface area contributed by atoms with Crippen LogP contribution in [0.4, 0.5) is 8.78 Å². The summed E-state index contributed by atoms with van der Waals surface area (Å²) in [6.07, 6.45) is 1.69. The second-order valence-electron chi connectivity index (χ2n) is 11.1. The van der Waals surface area contributed by atoms with Gasteiger partial charge in [-0.25, -0.2) is 8.78 Å². The molecule has 0 unspecified atom stereocenters. The Bertz CT molecular complexity index is 998. The molecule has 4 fully saturated rings. The number of fused-ring (bicyclic) bond motifs is 7. The zero-order valence-electron chi connectivity index (χ0n) is 18.8. The SMILES string of the molecule is CC1(C)O[C@@H]2C[C@H]3[C@@H]4C[C@H](Cl)C5=CC(=O)C=C[C@]5(C)[C@@]4(Cl)[C@@H](Cl)C[C@]3(C)[C@]2(C(=O)C(F)F)O1. The molecule has 4 nitrogen and oxygen atoms in total. The first-order chi connectivity index (χ1) is 15.1. The van der Waals surface area contributed by atoms with E-state index in [-0.39, 0.29) is 24.0 Å². The zero-order valence-corrected chi connectivity index (χ0v) is 21.1. The molecular formula is C24H27Cl3F2O4. The van der Waals surface area contributed by atoms with Crippen LogP contribution in [0.2, 0.25) is 0 Å². The van der Waals surface area contributed by atoms with Gasteiger partial charge in [-0.05, 0) is 62.7 Å². The van der Waals surface area contributed by atoms with Gasteiger partial charge in [0.15, 0.2) is 17.2 Å². The maximum absolute atomic E-state index is 14.0. The lowest BCUT2D eigenvalue weighted by molar-refractivity contribution is -0.216. The van der Waals surface area contributed by atoms with Crippen molar-refractivity contribution in [1.29, 1.82) is 0 Å². The normalized spacial score (nSPS) is 52.1. The van der Waals surface area contributed by atoms with Crippen molar-refractivity contribution < 1.29 is 27.8 Å². The topological polar surface area (TPSA) is 52.6 Å². The molecule has 182 valence electrons. The van der Waals surface area contributed by atoms with Gasteiger partial charge >= 0.3 is 0 Å². The van der Waals surface area contributed by atoms with E-state index in [1.165, 1.54) is 12.2 Å². The van der Waals surface area contributed by atoms with Gasteiger partial charge in [-0.1, -0.05) is 19.9 Å². The van der Waals surface area contributed by atoms with E-state index >= 15 is 0 Å². The fraction of sp³-hybridized carbons (Fsp3) is 0.750. The molecular weight excluding hydrogens is 497 g/mol. The van der Waals surface area contributed by atoms with E-state index in [1.54, 1.807) is 19.9 Å². The Hall–Kier alpha value is -0.530. The van der Waals surface area contributed by atoms with Crippen LogP contribution in [0.1, 0.15) is 47.0 Å². The second kappa shape index (κ2) is 7.03. The number of ether oxygens (including phenoxy) is 2. The van der Waals surface area contributed by atoms with Crippen LogP contribution in [0.3, 0.4) is 0 Å². The highest BCUT2D eigenvalue weighted by Crippen LogP contribution is 2.74. The number of carbonyl (C=O) groups is 2. The van der Waals surface area contributed by atoms with Gasteiger partial charge in [0, 0.05) is 10.8 Å². The molecule has 1 saturated heterocycles. The summed E-state index contributed by atoms with van der Waals surface area (Å²) in [5.41, 5.74) is -2.93. The number of carbonyl (C=O) groups excluding carboxylic acids is 2. The van der Waals surface area contributed by atoms with Gasteiger partial charge in [-0.15, -0.1) is 34.8 Å². The van der Waals surface area contributed by atoms with Gasteiger partial charge in [0.25, 0.3) is 6.43 Å². The number of allylic oxidation sites excluding steroid dienone is 4. The number of ketones is 2. The summed E-state index contributed by atoms with van der Waals surface area (Å²) in [4.78, 5) is 24.2. The summed E-state index contributed by atoms with van der Waals surface area (Å²) in [6, 6.07) is 0. The van der Waals surface area contributed by atoms with E-state index < -0.39 is 56.2 Å². The first kappa shape index (κ1) is 24.2. The Morgan fingerprint density at radius 1 is 1.15 bits per heavy atom. The fourth-order valence-corrected chi connectivity index (χ4v) is 9.52. The number of alkyl halides is 5. The maximum Gasteiger partial charge on any atom is 0.299 e. The summed E-state index contributed by atoms with van der Waals surface area (Å²) in [7, 11) is 0. The van der Waals surface area contributed by atoms with E-state index in [0.29, 0.717) is 12.8 Å². The van der Waals surface area contributed by atoms with E-state index in [9.17, 15) is 18.4 Å². The highest BCUT2D eigenvalue weighted by Gasteiger charge is 2.80. The molecule has 5 rings (SSSR count). The molecule has 3 saturated carbocycles. The minimum Gasteiger partial charge on any atom is -0.344 e. The molecule has 0 N–H and O–H groups in total. The fourth-order valence-electron chi connectivity index (χ4n) is 7.83. The number of rotatable bonds is 2. The molecule has 0 amide bonds. The van der Waals surface area contributed by atoms with Crippen molar-refractivity contribution in [3.05, 3.63) is 23.8 Å². The van der Waals surface area contributed by atoms with E-state index in [0.717, 1.165) is 5.57 Å². The molecule has 0 aromatic rings. The number of hydrogen-bond donors (Lipinski definition) is 0. The van der Waals surface area contributed by atoms with Crippen molar-refractivity contribution in [3.63, 3.8) is 0 Å². The quantitative estimate of drug-likeness (QED) is 0.453. The predicted molar refractivity (Wildman–Crippen MR) is 121 cm³/mol. The average Bonchev–Trinajstić information content (AvgIpc) is 3.11. The lowest BCUT2D eigenvalue weighted by atomic mass is 9.46. The minimum absolute atomic E-state index is 0.153. The molecule has 0 spiro atoms. The Morgan fingerprint density at radius 3 is 2.45 bits per heavy atom. The number of Topliss-reactive ketones (excluding diaryl/α,β-unsaturated/α-hetero) is 1. The molecule has 5 aliphatic rings. The summed E-state index contributed by atoms with van der Waals surface area (Å²) < 4.78 is 40.1. The van der Waals surface area contributed by atoms with Gasteiger partial charge in [0.1, 0.15) is 0 Å². The third-order valence-electron chi connectivity index (χ3n) is 9.14. The third kappa shape index (κ3) is 2.76. The molecule has 4 aliphatic carbocycles. The molecule has 0 aromatic carbocycles. The molecule has 1 aliphatic heterocycles. The van der Waals surface area contributed by atoms with Crippen molar-refractivity contribution in [3.8, 4) is 0 Å². The summed E-state index contributed by atoms with van der Waals surface area (Å²) in [5.74, 6) is -3.21. The Kier molecular flexibility index (Phi) is 5.15. The Labute approximate surface area is 207 Å². The summed E-state index contributed by atoms with van der Waals surface area (Å²) >= 11 is 21.4. The van der Waals surface area contributed by atoms with Crippen molar-refractivity contribution in [2.45, 2.75) is 86.5 Å². The molecule has 0 bridgehead atoms. The molecule has 33 heavy (non-hydrogen) atoms. The van der Waals surface area contributed by atoms with Crippen LogP contribution in [0.25, 0.3) is 0 Å². The van der Waals surface area contributed by atoms with Gasteiger partial charge < -0.3 is 9.47 Å².